The van der Waals surface area contributed by atoms with Gasteiger partial charge in [0.25, 0.3) is 5.91 Å². The first kappa shape index (κ1) is 11.4. The zero-order valence-corrected chi connectivity index (χ0v) is 10.6. The van der Waals surface area contributed by atoms with Gasteiger partial charge in [0.1, 0.15) is 12.0 Å². The van der Waals surface area contributed by atoms with Gasteiger partial charge in [0.2, 0.25) is 0 Å². The van der Waals surface area contributed by atoms with Crippen molar-refractivity contribution in [2.45, 2.75) is 30.8 Å². The molecule has 1 aromatic rings. The van der Waals surface area contributed by atoms with Crippen molar-refractivity contribution < 1.29 is 4.79 Å². The number of anilines is 1. The van der Waals surface area contributed by atoms with Crippen molar-refractivity contribution in [1.29, 1.82) is 0 Å². The first-order valence-electron chi connectivity index (χ1n) is 5.75. The monoisotopic (exact) mass is 266 g/mol. The number of aliphatic imine (C=N–C) groups is 1. The molecule has 96 valence electrons. The van der Waals surface area contributed by atoms with Crippen LogP contribution in [0.15, 0.2) is 11.3 Å². The van der Waals surface area contributed by atoms with E-state index in [1.807, 2.05) is 4.57 Å². The molecule has 0 radical (unpaired) electrons. The van der Waals surface area contributed by atoms with E-state index in [-0.39, 0.29) is 23.2 Å². The number of hydrogen-bond acceptors (Lipinski definition) is 6. The van der Waals surface area contributed by atoms with E-state index in [1.165, 1.54) is 0 Å². The average molecular weight is 266 g/mol. The number of thioether (sulfide) groups is 1. The van der Waals surface area contributed by atoms with Crippen LogP contribution in [0.25, 0.3) is 0 Å². The van der Waals surface area contributed by atoms with Gasteiger partial charge < -0.3 is 16.8 Å². The Morgan fingerprint density at radius 2 is 2.44 bits per heavy atom. The zero-order valence-electron chi connectivity index (χ0n) is 9.83. The van der Waals surface area contributed by atoms with Gasteiger partial charge in [-0.3, -0.25) is 9.36 Å². The molecule has 2 aliphatic rings. The number of primary amides is 1. The van der Waals surface area contributed by atoms with Crippen LogP contribution in [0.5, 0.6) is 0 Å². The zero-order chi connectivity index (χ0) is 12.9. The summed E-state index contributed by atoms with van der Waals surface area (Å²) in [5, 5.41) is 4.13. The number of rotatable bonds is 2. The average Bonchev–Trinajstić information content (AvgIpc) is 2.89. The highest BCUT2D eigenvalue weighted by atomic mass is 32.2. The van der Waals surface area contributed by atoms with Crippen molar-refractivity contribution in [3.8, 4) is 0 Å². The Kier molecular flexibility index (Phi) is 2.47. The van der Waals surface area contributed by atoms with Crippen LogP contribution in [-0.2, 0) is 0 Å². The van der Waals surface area contributed by atoms with Crippen molar-refractivity contribution >= 4 is 28.7 Å². The largest absolute Gasteiger partial charge is 0.378 e. The van der Waals surface area contributed by atoms with Crippen LogP contribution in [-0.4, -0.2) is 31.9 Å². The highest BCUT2D eigenvalue weighted by molar-refractivity contribution is 8.14. The summed E-state index contributed by atoms with van der Waals surface area (Å²) in [5.41, 5.74) is 11.4. The lowest BCUT2D eigenvalue weighted by Crippen LogP contribution is -2.41. The van der Waals surface area contributed by atoms with Gasteiger partial charge in [-0.2, -0.15) is 0 Å². The first-order chi connectivity index (χ1) is 8.61. The normalized spacial score (nSPS) is 29.2. The number of amidine groups is 1. The molecule has 0 fully saturated rings. The maximum absolute atomic E-state index is 11.3. The number of aromatic nitrogens is 2. The lowest BCUT2D eigenvalue weighted by Gasteiger charge is -2.34. The van der Waals surface area contributed by atoms with E-state index >= 15 is 0 Å². The summed E-state index contributed by atoms with van der Waals surface area (Å²) in [4.78, 5) is 19.8. The molecule has 3 atom stereocenters. The molecule has 3 rings (SSSR count). The fourth-order valence-corrected chi connectivity index (χ4v) is 3.61. The maximum atomic E-state index is 11.3. The molecule has 3 unspecified atom stereocenters. The van der Waals surface area contributed by atoms with Crippen LogP contribution in [0.4, 0.5) is 5.82 Å². The van der Waals surface area contributed by atoms with Gasteiger partial charge in [-0.05, 0) is 6.42 Å². The van der Waals surface area contributed by atoms with Crippen molar-refractivity contribution in [3.05, 3.63) is 12.0 Å². The summed E-state index contributed by atoms with van der Waals surface area (Å²) in [6.45, 7) is 2.08. The van der Waals surface area contributed by atoms with Gasteiger partial charge in [-0.1, -0.05) is 18.7 Å². The van der Waals surface area contributed by atoms with E-state index in [4.69, 9.17) is 11.5 Å². The third-order valence-electron chi connectivity index (χ3n) is 3.28. The number of nitrogens with one attached hydrogen (secondary N) is 1. The third kappa shape index (κ3) is 1.48. The van der Waals surface area contributed by atoms with Gasteiger partial charge in [0.05, 0.1) is 11.6 Å². The maximum Gasteiger partial charge on any atom is 0.271 e. The minimum absolute atomic E-state index is 0.100. The number of hydrogen-bond donors (Lipinski definition) is 3. The number of fused-ring (bicyclic) bond motifs is 3. The molecule has 0 bridgehead atoms. The summed E-state index contributed by atoms with van der Waals surface area (Å²) in [6.07, 6.45) is 2.41. The minimum Gasteiger partial charge on any atom is -0.378 e. The second kappa shape index (κ2) is 3.91. The van der Waals surface area contributed by atoms with Crippen LogP contribution in [0.3, 0.4) is 0 Å². The second-order valence-electron chi connectivity index (χ2n) is 4.34. The molecule has 0 saturated carbocycles. The highest BCUT2D eigenvalue weighted by Gasteiger charge is 2.42. The molecule has 5 N–H and O–H groups in total. The molecule has 3 heterocycles. The lowest BCUT2D eigenvalue weighted by molar-refractivity contribution is 0.0996. The number of carbonyl (C=O) groups is 1. The Hall–Kier alpha value is -1.70. The molecule has 8 heteroatoms. The molecule has 0 spiro atoms. The van der Waals surface area contributed by atoms with Crippen LogP contribution < -0.4 is 16.8 Å². The summed E-state index contributed by atoms with van der Waals surface area (Å²) >= 11 is 1.56. The molecular formula is C10H14N6OS. The first-order valence-corrected chi connectivity index (χ1v) is 6.63. The van der Waals surface area contributed by atoms with E-state index in [9.17, 15) is 4.79 Å². The molecule has 1 aromatic heterocycles. The predicted molar refractivity (Wildman–Crippen MR) is 70.5 cm³/mol. The minimum atomic E-state index is -0.535. The molecule has 7 nitrogen and oxygen atoms in total. The number of amides is 1. The Bertz CT molecular complexity index is 538. The fourth-order valence-electron chi connectivity index (χ4n) is 2.42. The Balaban J connectivity index is 2.08. The van der Waals surface area contributed by atoms with Gasteiger partial charge in [0, 0.05) is 6.04 Å². The molecule has 1 amide bonds. The van der Waals surface area contributed by atoms with Gasteiger partial charge in [0.15, 0.2) is 10.9 Å². The topological polar surface area (TPSA) is 111 Å². The third-order valence-corrected chi connectivity index (χ3v) is 4.47. The number of nitrogens with zero attached hydrogens (tertiary/aromatic N) is 3. The van der Waals surface area contributed by atoms with Gasteiger partial charge in [-0.15, -0.1) is 0 Å². The van der Waals surface area contributed by atoms with E-state index in [0.29, 0.717) is 11.0 Å². The molecule has 0 aliphatic carbocycles. The Morgan fingerprint density at radius 1 is 1.67 bits per heavy atom. The van der Waals surface area contributed by atoms with E-state index < -0.39 is 5.91 Å². The van der Waals surface area contributed by atoms with Gasteiger partial charge >= 0.3 is 0 Å². The van der Waals surface area contributed by atoms with Crippen molar-refractivity contribution in [1.82, 2.24) is 9.55 Å². The Labute approximate surface area is 108 Å². The lowest BCUT2D eigenvalue weighted by atomic mass is 10.1. The predicted octanol–water partition coefficient (Wildman–Crippen LogP) is 0.115. The van der Waals surface area contributed by atoms with E-state index in [0.717, 1.165) is 6.42 Å². The number of imidazole rings is 1. The van der Waals surface area contributed by atoms with Crippen molar-refractivity contribution in [2.24, 2.45) is 16.5 Å². The van der Waals surface area contributed by atoms with E-state index in [2.05, 4.69) is 22.2 Å². The second-order valence-corrected chi connectivity index (χ2v) is 5.53. The summed E-state index contributed by atoms with van der Waals surface area (Å²) in [6, 6.07) is 0.201. The van der Waals surface area contributed by atoms with Crippen molar-refractivity contribution in [2.75, 3.05) is 5.32 Å². The number of carbonyl (C=O) groups excluding carboxylic acids is 1. The number of nitrogens with two attached hydrogens (primary N) is 2. The Morgan fingerprint density at radius 3 is 3.11 bits per heavy atom. The van der Waals surface area contributed by atoms with Crippen LogP contribution >= 0.6 is 11.8 Å². The molecule has 18 heavy (non-hydrogen) atoms. The summed E-state index contributed by atoms with van der Waals surface area (Å²) in [5.74, 6) is 0.113. The molecular weight excluding hydrogens is 252 g/mol. The fraction of sp³-hybridized carbons (Fsp3) is 0.500. The van der Waals surface area contributed by atoms with Gasteiger partial charge in [-0.25, -0.2) is 9.98 Å². The highest BCUT2D eigenvalue weighted by Crippen LogP contribution is 2.42. The summed E-state index contributed by atoms with van der Waals surface area (Å²) in [7, 11) is 0. The van der Waals surface area contributed by atoms with E-state index in [1.54, 1.807) is 18.1 Å². The quantitative estimate of drug-likeness (QED) is 0.703. The van der Waals surface area contributed by atoms with Crippen LogP contribution in [0.2, 0.25) is 0 Å². The molecule has 0 saturated heterocycles. The standard InChI is InChI=1S/C10H14N6OS/c1-2-4-6-9(15-10(12)18-6)16-3-13-5(7(11)17)8(16)14-4/h3-4,6,9,14H,2H2,1H3,(H2,11,17)(H2,12,15). The molecule has 0 aromatic carbocycles. The van der Waals surface area contributed by atoms with Crippen LogP contribution in [0.1, 0.15) is 30.0 Å². The van der Waals surface area contributed by atoms with Crippen molar-refractivity contribution in [3.63, 3.8) is 0 Å². The smallest absolute Gasteiger partial charge is 0.271 e. The molecule has 2 aliphatic heterocycles. The SMILES string of the molecule is CCC1Nc2c(C(N)=O)ncn2C2N=C(N)SC12. The van der Waals surface area contributed by atoms with Crippen LogP contribution in [0, 0.1) is 0 Å². The summed E-state index contributed by atoms with van der Waals surface area (Å²) < 4.78 is 1.84.